The van der Waals surface area contributed by atoms with Crippen LogP contribution in [-0.4, -0.2) is 49.4 Å². The molecule has 2 aliphatic carbocycles. The maximum atomic E-state index is 13.4. The Morgan fingerprint density at radius 2 is 1.90 bits per heavy atom. The molecule has 1 aromatic carbocycles. The summed E-state index contributed by atoms with van der Waals surface area (Å²) < 4.78 is 5.07. The molecule has 2 atom stereocenters. The molecule has 1 spiro atoms. The molecule has 0 radical (unpaired) electrons. The standard InChI is InChI=1S/C25H34N2O4/c1-31-14-8-13-27-22(29)17-25(23(27)30,19-9-4-2-5-10-19)16-21(28)26-18-20-15-24(20)11-6-3-7-12-24/h2,4-5,9-10,20H,3,6-8,11-18H2,1H3,(H,26,28)/t20-,25-/m0/s1. The Kier molecular flexibility index (Phi) is 6.47. The van der Waals surface area contributed by atoms with Gasteiger partial charge < -0.3 is 10.1 Å². The molecule has 3 aliphatic rings. The first-order valence-electron chi connectivity index (χ1n) is 11.7. The van der Waals surface area contributed by atoms with Crippen LogP contribution in [0.5, 0.6) is 0 Å². The van der Waals surface area contributed by atoms with E-state index >= 15 is 0 Å². The highest BCUT2D eigenvalue weighted by Gasteiger charge is 2.55. The molecule has 6 nitrogen and oxygen atoms in total. The van der Waals surface area contributed by atoms with Gasteiger partial charge in [-0.25, -0.2) is 0 Å². The number of carbonyl (C=O) groups excluding carboxylic acids is 3. The Labute approximate surface area is 184 Å². The fraction of sp³-hybridized carbons (Fsp3) is 0.640. The van der Waals surface area contributed by atoms with Crippen molar-refractivity contribution in [2.45, 2.75) is 63.2 Å². The molecule has 1 N–H and O–H groups in total. The molecule has 1 heterocycles. The molecular weight excluding hydrogens is 392 g/mol. The van der Waals surface area contributed by atoms with E-state index in [0.29, 0.717) is 37.5 Å². The van der Waals surface area contributed by atoms with Gasteiger partial charge in [0.05, 0.1) is 5.41 Å². The number of nitrogens with zero attached hydrogens (tertiary/aromatic N) is 1. The topological polar surface area (TPSA) is 75.7 Å². The van der Waals surface area contributed by atoms with Gasteiger partial charge in [-0.3, -0.25) is 19.3 Å². The van der Waals surface area contributed by atoms with E-state index in [9.17, 15) is 14.4 Å². The van der Waals surface area contributed by atoms with E-state index in [2.05, 4.69) is 5.32 Å². The van der Waals surface area contributed by atoms with Gasteiger partial charge in [-0.05, 0) is 42.6 Å². The summed E-state index contributed by atoms with van der Waals surface area (Å²) in [6, 6.07) is 9.31. The molecule has 0 unspecified atom stereocenters. The summed E-state index contributed by atoms with van der Waals surface area (Å²) in [7, 11) is 1.60. The minimum absolute atomic E-state index is 0.0160. The summed E-state index contributed by atoms with van der Waals surface area (Å²) in [5.41, 5.74) is 0.0922. The highest BCUT2D eigenvalue weighted by molar-refractivity contribution is 6.10. The van der Waals surface area contributed by atoms with E-state index in [1.807, 2.05) is 30.3 Å². The largest absolute Gasteiger partial charge is 0.385 e. The van der Waals surface area contributed by atoms with Crippen LogP contribution in [0, 0.1) is 11.3 Å². The minimum Gasteiger partial charge on any atom is -0.385 e. The lowest BCUT2D eigenvalue weighted by molar-refractivity contribution is -0.141. The third-order valence-corrected chi connectivity index (χ3v) is 7.68. The SMILES string of the molecule is COCCCN1C(=O)C[C@@](CC(=O)NC[C@@H]2CC23CCCCC3)(c2ccccc2)C1=O. The lowest BCUT2D eigenvalue weighted by Crippen LogP contribution is -2.43. The van der Waals surface area contributed by atoms with Crippen LogP contribution in [0.3, 0.4) is 0 Å². The first-order chi connectivity index (χ1) is 15.0. The zero-order valence-electron chi connectivity index (χ0n) is 18.5. The summed E-state index contributed by atoms with van der Waals surface area (Å²) in [6.07, 6.45) is 8.36. The third kappa shape index (κ3) is 4.40. The van der Waals surface area contributed by atoms with E-state index in [0.717, 1.165) is 5.56 Å². The number of hydrogen-bond acceptors (Lipinski definition) is 4. The van der Waals surface area contributed by atoms with Crippen LogP contribution in [0.2, 0.25) is 0 Å². The smallest absolute Gasteiger partial charge is 0.240 e. The number of methoxy groups -OCH3 is 1. The van der Waals surface area contributed by atoms with Gasteiger partial charge in [0.15, 0.2) is 0 Å². The van der Waals surface area contributed by atoms with Gasteiger partial charge in [-0.2, -0.15) is 0 Å². The van der Waals surface area contributed by atoms with Crippen LogP contribution in [0.15, 0.2) is 30.3 Å². The fourth-order valence-electron chi connectivity index (χ4n) is 5.78. The zero-order chi connectivity index (χ0) is 21.9. The number of rotatable bonds is 9. The molecule has 3 fully saturated rings. The summed E-state index contributed by atoms with van der Waals surface area (Å²) >= 11 is 0. The van der Waals surface area contributed by atoms with Crippen LogP contribution in [0.1, 0.15) is 63.4 Å². The number of imide groups is 1. The Bertz CT molecular complexity index is 818. The molecular formula is C25H34N2O4. The van der Waals surface area contributed by atoms with Crippen molar-refractivity contribution in [2.75, 3.05) is 26.8 Å². The third-order valence-electron chi connectivity index (χ3n) is 7.68. The maximum absolute atomic E-state index is 13.4. The number of carbonyl (C=O) groups is 3. The molecule has 6 heteroatoms. The number of hydrogen-bond donors (Lipinski definition) is 1. The molecule has 2 saturated carbocycles. The first-order valence-corrected chi connectivity index (χ1v) is 11.7. The second kappa shape index (κ2) is 9.11. The predicted octanol–water partition coefficient (Wildman–Crippen LogP) is 3.20. The van der Waals surface area contributed by atoms with Crippen molar-refractivity contribution in [2.24, 2.45) is 11.3 Å². The van der Waals surface area contributed by atoms with Crippen LogP contribution < -0.4 is 5.32 Å². The molecule has 3 amide bonds. The second-order valence-electron chi connectivity index (χ2n) is 9.63. The van der Waals surface area contributed by atoms with E-state index < -0.39 is 5.41 Å². The molecule has 1 saturated heterocycles. The van der Waals surface area contributed by atoms with Crippen LogP contribution >= 0.6 is 0 Å². The lowest BCUT2D eigenvalue weighted by atomic mass is 9.75. The molecule has 4 rings (SSSR count). The monoisotopic (exact) mass is 426 g/mol. The molecule has 0 aromatic heterocycles. The normalized spacial score (nSPS) is 27.0. The Hall–Kier alpha value is -2.21. The van der Waals surface area contributed by atoms with Gasteiger partial charge in [0.2, 0.25) is 17.7 Å². The number of nitrogens with one attached hydrogen (secondary N) is 1. The maximum Gasteiger partial charge on any atom is 0.240 e. The minimum atomic E-state index is -1.11. The first kappa shape index (κ1) is 22.0. The predicted molar refractivity (Wildman–Crippen MR) is 117 cm³/mol. The Morgan fingerprint density at radius 3 is 2.61 bits per heavy atom. The lowest BCUT2D eigenvalue weighted by Gasteiger charge is -2.27. The van der Waals surface area contributed by atoms with Gasteiger partial charge >= 0.3 is 0 Å². The van der Waals surface area contributed by atoms with Crippen molar-refractivity contribution in [3.05, 3.63) is 35.9 Å². The van der Waals surface area contributed by atoms with Crippen LogP contribution in [-0.2, 0) is 24.5 Å². The van der Waals surface area contributed by atoms with Crippen molar-refractivity contribution in [3.8, 4) is 0 Å². The Morgan fingerprint density at radius 1 is 1.16 bits per heavy atom. The van der Waals surface area contributed by atoms with Crippen LogP contribution in [0.4, 0.5) is 0 Å². The molecule has 31 heavy (non-hydrogen) atoms. The average Bonchev–Trinajstić information content (AvgIpc) is 3.39. The van der Waals surface area contributed by atoms with E-state index in [1.165, 1.54) is 43.4 Å². The van der Waals surface area contributed by atoms with Crippen molar-refractivity contribution in [3.63, 3.8) is 0 Å². The van der Waals surface area contributed by atoms with Crippen molar-refractivity contribution < 1.29 is 19.1 Å². The summed E-state index contributed by atoms with van der Waals surface area (Å²) in [6.45, 7) is 1.49. The molecule has 1 aliphatic heterocycles. The van der Waals surface area contributed by atoms with Crippen LogP contribution in [0.25, 0.3) is 0 Å². The number of likely N-dealkylation sites (tertiary alicyclic amines) is 1. The molecule has 168 valence electrons. The van der Waals surface area contributed by atoms with E-state index in [4.69, 9.17) is 4.74 Å². The highest BCUT2D eigenvalue weighted by atomic mass is 16.5. The van der Waals surface area contributed by atoms with Gasteiger partial charge in [0.25, 0.3) is 0 Å². The number of benzene rings is 1. The summed E-state index contributed by atoms with van der Waals surface area (Å²) in [5, 5.41) is 3.10. The van der Waals surface area contributed by atoms with E-state index in [-0.39, 0.29) is 30.6 Å². The summed E-state index contributed by atoms with van der Waals surface area (Å²) in [5.74, 6) is -0.0382. The quantitative estimate of drug-likeness (QED) is 0.486. The Balaban J connectivity index is 1.44. The average molecular weight is 427 g/mol. The fourth-order valence-corrected chi connectivity index (χ4v) is 5.78. The van der Waals surface area contributed by atoms with Crippen molar-refractivity contribution in [1.29, 1.82) is 0 Å². The molecule has 0 bridgehead atoms. The van der Waals surface area contributed by atoms with E-state index in [1.54, 1.807) is 7.11 Å². The van der Waals surface area contributed by atoms with Gasteiger partial charge in [0, 0.05) is 39.6 Å². The molecule has 1 aromatic rings. The number of ether oxygens (including phenoxy) is 1. The zero-order valence-corrected chi connectivity index (χ0v) is 18.5. The van der Waals surface area contributed by atoms with Gasteiger partial charge in [-0.15, -0.1) is 0 Å². The number of amides is 3. The highest BCUT2D eigenvalue weighted by Crippen LogP contribution is 2.61. The van der Waals surface area contributed by atoms with Gasteiger partial charge in [-0.1, -0.05) is 49.6 Å². The van der Waals surface area contributed by atoms with Crippen molar-refractivity contribution in [1.82, 2.24) is 10.2 Å². The van der Waals surface area contributed by atoms with Gasteiger partial charge in [0.1, 0.15) is 0 Å². The summed E-state index contributed by atoms with van der Waals surface area (Å²) in [4.78, 5) is 40.5. The second-order valence-corrected chi connectivity index (χ2v) is 9.63. The van der Waals surface area contributed by atoms with Crippen molar-refractivity contribution >= 4 is 17.7 Å².